The summed E-state index contributed by atoms with van der Waals surface area (Å²) >= 11 is 0. The molecule has 2 heterocycles. The molecule has 0 aliphatic carbocycles. The molecule has 144 valence electrons. The molecule has 1 saturated heterocycles. The number of rotatable bonds is 6. The molecule has 2 aromatic rings. The van der Waals surface area contributed by atoms with Gasteiger partial charge in [0.05, 0.1) is 0 Å². The smallest absolute Gasteiger partial charge is 0.269 e. The van der Waals surface area contributed by atoms with Crippen LogP contribution in [0.3, 0.4) is 0 Å². The highest BCUT2D eigenvalue weighted by Gasteiger charge is 2.14. The maximum atomic E-state index is 12.2. The Balaban J connectivity index is 1.62. The van der Waals surface area contributed by atoms with E-state index in [4.69, 9.17) is 0 Å². The summed E-state index contributed by atoms with van der Waals surface area (Å²) in [6.45, 7) is 9.09. The highest BCUT2D eigenvalue weighted by molar-refractivity contribution is 5.93. The summed E-state index contributed by atoms with van der Waals surface area (Å²) in [4.78, 5) is 21.1. The zero-order valence-corrected chi connectivity index (χ0v) is 16.4. The van der Waals surface area contributed by atoms with Crippen LogP contribution in [-0.4, -0.2) is 55.6 Å². The number of anilines is 3. The molecule has 1 amide bonds. The number of carbonyl (C=O) groups excluding carboxylic acids is 1. The van der Waals surface area contributed by atoms with Gasteiger partial charge in [-0.2, -0.15) is 0 Å². The zero-order valence-electron chi connectivity index (χ0n) is 16.4. The van der Waals surface area contributed by atoms with Crippen molar-refractivity contribution in [3.63, 3.8) is 0 Å². The first-order valence-corrected chi connectivity index (χ1v) is 9.56. The summed E-state index contributed by atoms with van der Waals surface area (Å²) in [6.07, 6.45) is 1.66. The van der Waals surface area contributed by atoms with Crippen molar-refractivity contribution >= 4 is 23.0 Å². The zero-order chi connectivity index (χ0) is 19.2. The van der Waals surface area contributed by atoms with Crippen LogP contribution in [0.15, 0.2) is 42.6 Å². The van der Waals surface area contributed by atoms with Gasteiger partial charge in [-0.15, -0.1) is 0 Å². The summed E-state index contributed by atoms with van der Waals surface area (Å²) in [5.74, 6) is 0.270. The number of benzene rings is 1. The van der Waals surface area contributed by atoms with Crippen LogP contribution in [0.5, 0.6) is 0 Å². The van der Waals surface area contributed by atoms with E-state index in [1.807, 2.05) is 6.07 Å². The summed E-state index contributed by atoms with van der Waals surface area (Å²) in [5, 5.41) is 6.25. The van der Waals surface area contributed by atoms with E-state index in [0.29, 0.717) is 18.2 Å². The van der Waals surface area contributed by atoms with Crippen LogP contribution < -0.4 is 15.5 Å². The van der Waals surface area contributed by atoms with Crippen molar-refractivity contribution in [1.82, 2.24) is 15.2 Å². The Labute approximate surface area is 161 Å². The molecule has 0 atom stereocenters. The molecule has 1 aliphatic heterocycles. The first-order chi connectivity index (χ1) is 13.0. The van der Waals surface area contributed by atoms with Crippen LogP contribution in [0.25, 0.3) is 0 Å². The molecule has 1 aromatic heterocycles. The van der Waals surface area contributed by atoms with E-state index in [0.717, 1.165) is 37.6 Å². The first kappa shape index (κ1) is 19.2. The Morgan fingerprint density at radius 3 is 2.44 bits per heavy atom. The predicted molar refractivity (Wildman–Crippen MR) is 111 cm³/mol. The number of hydrogen-bond donors (Lipinski definition) is 2. The van der Waals surface area contributed by atoms with Crippen LogP contribution in [0, 0.1) is 5.92 Å². The number of nitrogens with zero attached hydrogens (tertiary/aromatic N) is 3. The van der Waals surface area contributed by atoms with Crippen molar-refractivity contribution in [1.29, 1.82) is 0 Å². The molecule has 0 bridgehead atoms. The molecule has 1 aliphatic rings. The van der Waals surface area contributed by atoms with Gasteiger partial charge in [-0.3, -0.25) is 9.78 Å². The van der Waals surface area contributed by atoms with Gasteiger partial charge in [-0.05, 0) is 49.4 Å². The Bertz CT molecular complexity index is 751. The predicted octanol–water partition coefficient (Wildman–Crippen LogP) is 2.96. The lowest BCUT2D eigenvalue weighted by molar-refractivity contribution is 0.0944. The van der Waals surface area contributed by atoms with Crippen molar-refractivity contribution in [2.24, 2.45) is 5.92 Å². The quantitative estimate of drug-likeness (QED) is 0.822. The van der Waals surface area contributed by atoms with E-state index >= 15 is 0 Å². The topological polar surface area (TPSA) is 60.5 Å². The molecule has 27 heavy (non-hydrogen) atoms. The Morgan fingerprint density at radius 1 is 1.07 bits per heavy atom. The second-order valence-corrected chi connectivity index (χ2v) is 7.50. The van der Waals surface area contributed by atoms with E-state index in [2.05, 4.69) is 70.6 Å². The molecule has 1 fully saturated rings. The second-order valence-electron chi connectivity index (χ2n) is 7.50. The number of carbonyl (C=O) groups is 1. The van der Waals surface area contributed by atoms with Gasteiger partial charge < -0.3 is 20.4 Å². The van der Waals surface area contributed by atoms with Gasteiger partial charge in [0.2, 0.25) is 0 Å². The highest BCUT2D eigenvalue weighted by Crippen LogP contribution is 2.22. The molecular weight excluding hydrogens is 338 g/mol. The number of hydrogen-bond acceptors (Lipinski definition) is 5. The van der Waals surface area contributed by atoms with Crippen LogP contribution >= 0.6 is 0 Å². The molecule has 0 radical (unpaired) electrons. The standard InChI is InChI=1S/C21H29N5O/c1-16(2)15-23-21(27)20-14-18(8-9-22-20)24-17-4-6-19(7-5-17)26-12-10-25(3)11-13-26/h4-9,14,16H,10-13,15H2,1-3H3,(H,22,24)(H,23,27). The molecule has 0 unspecified atom stereocenters. The fraction of sp³-hybridized carbons (Fsp3) is 0.429. The third-order valence-electron chi connectivity index (χ3n) is 4.69. The largest absolute Gasteiger partial charge is 0.369 e. The second kappa shape index (κ2) is 8.86. The summed E-state index contributed by atoms with van der Waals surface area (Å²) in [6, 6.07) is 12.1. The number of aromatic nitrogens is 1. The molecule has 1 aromatic carbocycles. The molecule has 6 heteroatoms. The van der Waals surface area contributed by atoms with E-state index in [9.17, 15) is 4.79 Å². The van der Waals surface area contributed by atoms with Gasteiger partial charge in [0.25, 0.3) is 5.91 Å². The molecule has 2 N–H and O–H groups in total. The van der Waals surface area contributed by atoms with E-state index in [1.54, 1.807) is 12.3 Å². The Morgan fingerprint density at radius 2 is 1.78 bits per heavy atom. The third kappa shape index (κ3) is 5.44. The van der Waals surface area contributed by atoms with Crippen LogP contribution in [0.4, 0.5) is 17.1 Å². The van der Waals surface area contributed by atoms with Crippen LogP contribution in [0.2, 0.25) is 0 Å². The van der Waals surface area contributed by atoms with Crippen molar-refractivity contribution in [2.75, 3.05) is 50.0 Å². The minimum Gasteiger partial charge on any atom is -0.369 e. The lowest BCUT2D eigenvalue weighted by Gasteiger charge is -2.34. The Hall–Kier alpha value is -2.60. The van der Waals surface area contributed by atoms with Gasteiger partial charge in [0.15, 0.2) is 0 Å². The number of likely N-dealkylation sites (N-methyl/N-ethyl adjacent to an activating group) is 1. The maximum Gasteiger partial charge on any atom is 0.269 e. The third-order valence-corrected chi connectivity index (χ3v) is 4.69. The SMILES string of the molecule is CC(C)CNC(=O)c1cc(Nc2ccc(N3CCN(C)CC3)cc2)ccn1. The number of piperazine rings is 1. The van der Waals surface area contributed by atoms with Crippen molar-refractivity contribution < 1.29 is 4.79 Å². The van der Waals surface area contributed by atoms with E-state index < -0.39 is 0 Å². The monoisotopic (exact) mass is 367 g/mol. The molecule has 6 nitrogen and oxygen atoms in total. The minimum absolute atomic E-state index is 0.141. The molecular formula is C21H29N5O. The maximum absolute atomic E-state index is 12.2. The van der Waals surface area contributed by atoms with E-state index in [-0.39, 0.29) is 5.91 Å². The lowest BCUT2D eigenvalue weighted by Crippen LogP contribution is -2.44. The van der Waals surface area contributed by atoms with Crippen molar-refractivity contribution in [2.45, 2.75) is 13.8 Å². The first-order valence-electron chi connectivity index (χ1n) is 9.56. The lowest BCUT2D eigenvalue weighted by atomic mass is 10.2. The summed E-state index contributed by atoms with van der Waals surface area (Å²) in [5.41, 5.74) is 3.52. The van der Waals surface area contributed by atoms with Gasteiger partial charge in [-0.25, -0.2) is 0 Å². The normalized spacial score (nSPS) is 15.0. The minimum atomic E-state index is -0.141. The van der Waals surface area contributed by atoms with Gasteiger partial charge in [0, 0.05) is 56.0 Å². The summed E-state index contributed by atoms with van der Waals surface area (Å²) < 4.78 is 0. The van der Waals surface area contributed by atoms with Gasteiger partial charge in [-0.1, -0.05) is 13.8 Å². The number of amides is 1. The van der Waals surface area contributed by atoms with E-state index in [1.165, 1.54) is 5.69 Å². The fourth-order valence-corrected chi connectivity index (χ4v) is 3.01. The van der Waals surface area contributed by atoms with Gasteiger partial charge >= 0.3 is 0 Å². The van der Waals surface area contributed by atoms with Crippen molar-refractivity contribution in [3.05, 3.63) is 48.3 Å². The molecule has 0 saturated carbocycles. The number of pyridine rings is 1. The Kier molecular flexibility index (Phi) is 6.29. The average molecular weight is 367 g/mol. The van der Waals surface area contributed by atoms with Crippen molar-refractivity contribution in [3.8, 4) is 0 Å². The molecule has 3 rings (SSSR count). The molecule has 0 spiro atoms. The highest BCUT2D eigenvalue weighted by atomic mass is 16.1. The summed E-state index contributed by atoms with van der Waals surface area (Å²) in [7, 11) is 2.16. The number of nitrogens with one attached hydrogen (secondary N) is 2. The van der Waals surface area contributed by atoms with Crippen LogP contribution in [-0.2, 0) is 0 Å². The fourth-order valence-electron chi connectivity index (χ4n) is 3.01. The van der Waals surface area contributed by atoms with Gasteiger partial charge in [0.1, 0.15) is 5.69 Å². The van der Waals surface area contributed by atoms with Crippen LogP contribution in [0.1, 0.15) is 24.3 Å². The average Bonchev–Trinajstić information content (AvgIpc) is 2.67.